The van der Waals surface area contributed by atoms with Crippen molar-refractivity contribution in [2.24, 2.45) is 5.41 Å². The molecule has 1 aliphatic rings. The molecule has 1 aliphatic heterocycles. The van der Waals surface area contributed by atoms with Gasteiger partial charge in [-0.1, -0.05) is 20.8 Å². The maximum absolute atomic E-state index is 12.2. The van der Waals surface area contributed by atoms with Crippen LogP contribution in [-0.4, -0.2) is 44.5 Å². The lowest BCUT2D eigenvalue weighted by molar-refractivity contribution is -0.124. The Morgan fingerprint density at radius 3 is 2.32 bits per heavy atom. The summed E-state index contributed by atoms with van der Waals surface area (Å²) >= 11 is 0. The summed E-state index contributed by atoms with van der Waals surface area (Å²) < 4.78 is 23.3. The Kier molecular flexibility index (Phi) is 5.01. The van der Waals surface area contributed by atoms with Gasteiger partial charge in [0.25, 0.3) is 0 Å². The molecule has 1 saturated heterocycles. The fourth-order valence-corrected chi connectivity index (χ4v) is 4.03. The molecule has 0 bridgehead atoms. The predicted octanol–water partition coefficient (Wildman–Crippen LogP) is 0.702. The number of hydrogen-bond donors (Lipinski definition) is 2. The first kappa shape index (κ1) is 16.4. The fraction of sp³-hybridized carbons (Fsp3) is 0.923. The molecule has 1 amide bonds. The zero-order valence-corrected chi connectivity index (χ0v) is 13.3. The number of sulfone groups is 1. The molecule has 0 radical (unpaired) electrons. The van der Waals surface area contributed by atoms with E-state index >= 15 is 0 Å². The summed E-state index contributed by atoms with van der Waals surface area (Å²) in [6.07, 6.45) is 1.23. The zero-order chi connectivity index (χ0) is 14.8. The van der Waals surface area contributed by atoms with Crippen LogP contribution in [0.3, 0.4) is 0 Å². The van der Waals surface area contributed by atoms with E-state index in [4.69, 9.17) is 0 Å². The Hall–Kier alpha value is -0.620. The summed E-state index contributed by atoms with van der Waals surface area (Å²) in [5.41, 5.74) is 0.0401. The van der Waals surface area contributed by atoms with Crippen molar-refractivity contribution in [2.45, 2.75) is 57.9 Å². The Morgan fingerprint density at radius 2 is 1.95 bits per heavy atom. The molecule has 1 unspecified atom stereocenters. The third-order valence-electron chi connectivity index (χ3n) is 3.66. The van der Waals surface area contributed by atoms with Gasteiger partial charge in [0.05, 0.1) is 17.0 Å². The van der Waals surface area contributed by atoms with E-state index in [0.717, 1.165) is 0 Å². The Balaban J connectivity index is 2.64. The van der Waals surface area contributed by atoms with E-state index in [1.165, 1.54) is 0 Å². The minimum atomic E-state index is -3.02. The molecule has 5 nitrogen and oxygen atoms in total. The van der Waals surface area contributed by atoms with Gasteiger partial charge in [-0.15, -0.1) is 0 Å². The summed E-state index contributed by atoms with van der Waals surface area (Å²) in [5, 5.41) is 5.40. The van der Waals surface area contributed by atoms with Crippen LogP contribution in [0.2, 0.25) is 0 Å². The predicted molar refractivity (Wildman–Crippen MR) is 76.7 cm³/mol. The van der Waals surface area contributed by atoms with Gasteiger partial charge < -0.3 is 10.6 Å². The van der Waals surface area contributed by atoms with E-state index in [2.05, 4.69) is 31.4 Å². The molecule has 0 aromatic heterocycles. The van der Waals surface area contributed by atoms with Gasteiger partial charge in [-0.2, -0.15) is 0 Å². The highest BCUT2D eigenvalue weighted by molar-refractivity contribution is 7.92. The standard InChI is InChI=1S/C13H26N2O3S/c1-9-10(6-7-19(9,17)18)15-12(16)11(14-5)8-13(2,3)4/h9-11,14H,6-8H2,1-5H3,(H,15,16)/t9-,10-,11?/m1/s1. The highest BCUT2D eigenvalue weighted by Crippen LogP contribution is 2.23. The molecule has 0 aliphatic carbocycles. The second-order valence-corrected chi connectivity index (χ2v) is 9.06. The third kappa shape index (κ3) is 4.45. The van der Waals surface area contributed by atoms with Crippen molar-refractivity contribution < 1.29 is 13.2 Å². The topological polar surface area (TPSA) is 75.3 Å². The summed E-state index contributed by atoms with van der Waals surface area (Å²) in [6, 6.07) is -0.538. The van der Waals surface area contributed by atoms with Gasteiger partial charge in [0.15, 0.2) is 9.84 Å². The molecule has 0 aromatic rings. The molecule has 1 heterocycles. The second kappa shape index (κ2) is 5.79. The van der Waals surface area contributed by atoms with Crippen molar-refractivity contribution in [3.8, 4) is 0 Å². The van der Waals surface area contributed by atoms with Crippen LogP contribution in [0, 0.1) is 5.41 Å². The lowest BCUT2D eigenvalue weighted by atomic mass is 9.87. The van der Waals surface area contributed by atoms with Crippen molar-refractivity contribution in [3.05, 3.63) is 0 Å². The Labute approximate surface area is 116 Å². The van der Waals surface area contributed by atoms with E-state index in [0.29, 0.717) is 12.8 Å². The normalized spacial score (nSPS) is 28.1. The van der Waals surface area contributed by atoms with Crippen LogP contribution in [0.1, 0.15) is 40.5 Å². The lowest BCUT2D eigenvalue weighted by Gasteiger charge is -2.26. The number of likely N-dealkylation sites (N-methyl/N-ethyl adjacent to an activating group) is 1. The second-order valence-electron chi connectivity index (χ2n) is 6.58. The van der Waals surface area contributed by atoms with Crippen LogP contribution in [0.5, 0.6) is 0 Å². The number of carbonyl (C=O) groups is 1. The fourth-order valence-electron chi connectivity index (χ4n) is 2.37. The van der Waals surface area contributed by atoms with Gasteiger partial charge in [0.1, 0.15) is 0 Å². The third-order valence-corrected chi connectivity index (χ3v) is 5.92. The van der Waals surface area contributed by atoms with E-state index < -0.39 is 15.1 Å². The van der Waals surface area contributed by atoms with E-state index in [1.54, 1.807) is 14.0 Å². The molecule has 19 heavy (non-hydrogen) atoms. The first-order valence-electron chi connectivity index (χ1n) is 6.76. The SMILES string of the molecule is CNC(CC(C)(C)C)C(=O)N[C@@H]1CCS(=O)(=O)[C@@H]1C. The van der Waals surface area contributed by atoms with Gasteiger partial charge in [-0.05, 0) is 32.2 Å². The Bertz CT molecular complexity index is 426. The average molecular weight is 290 g/mol. The molecule has 1 rings (SSSR count). The number of hydrogen-bond acceptors (Lipinski definition) is 4. The van der Waals surface area contributed by atoms with Crippen LogP contribution < -0.4 is 10.6 Å². The quantitative estimate of drug-likeness (QED) is 0.799. The molecule has 0 saturated carbocycles. The van der Waals surface area contributed by atoms with E-state index in [-0.39, 0.29) is 29.2 Å². The van der Waals surface area contributed by atoms with Gasteiger partial charge in [0.2, 0.25) is 5.91 Å². The molecule has 1 fully saturated rings. The van der Waals surface area contributed by atoms with Crippen molar-refractivity contribution >= 4 is 15.7 Å². The van der Waals surface area contributed by atoms with Gasteiger partial charge in [-0.3, -0.25) is 4.79 Å². The molecule has 2 N–H and O–H groups in total. The molecule has 0 spiro atoms. The number of carbonyl (C=O) groups excluding carboxylic acids is 1. The molecule has 6 heteroatoms. The van der Waals surface area contributed by atoms with Crippen molar-refractivity contribution in [1.82, 2.24) is 10.6 Å². The van der Waals surface area contributed by atoms with Crippen LogP contribution in [0.25, 0.3) is 0 Å². The van der Waals surface area contributed by atoms with Crippen LogP contribution in [-0.2, 0) is 14.6 Å². The van der Waals surface area contributed by atoms with Gasteiger partial charge in [0, 0.05) is 6.04 Å². The van der Waals surface area contributed by atoms with Crippen molar-refractivity contribution in [3.63, 3.8) is 0 Å². The van der Waals surface area contributed by atoms with E-state index in [9.17, 15) is 13.2 Å². The van der Waals surface area contributed by atoms with Crippen LogP contribution in [0.4, 0.5) is 0 Å². The Morgan fingerprint density at radius 1 is 1.37 bits per heavy atom. The zero-order valence-electron chi connectivity index (χ0n) is 12.5. The largest absolute Gasteiger partial charge is 0.351 e. The highest BCUT2D eigenvalue weighted by atomic mass is 32.2. The first-order valence-corrected chi connectivity index (χ1v) is 8.47. The molecule has 112 valence electrons. The maximum Gasteiger partial charge on any atom is 0.237 e. The van der Waals surface area contributed by atoms with Gasteiger partial charge in [-0.25, -0.2) is 8.42 Å². The molecule has 3 atom stereocenters. The molecular formula is C13H26N2O3S. The van der Waals surface area contributed by atoms with Crippen LogP contribution in [0.15, 0.2) is 0 Å². The summed E-state index contributed by atoms with van der Waals surface area (Å²) in [7, 11) is -1.27. The van der Waals surface area contributed by atoms with Crippen LogP contribution >= 0.6 is 0 Å². The maximum atomic E-state index is 12.2. The number of amides is 1. The molecular weight excluding hydrogens is 264 g/mol. The van der Waals surface area contributed by atoms with Crippen molar-refractivity contribution in [2.75, 3.05) is 12.8 Å². The number of rotatable bonds is 4. The first-order chi connectivity index (χ1) is 8.57. The molecule has 0 aromatic carbocycles. The summed E-state index contributed by atoms with van der Waals surface area (Å²) in [5.74, 6) is 0.0640. The number of nitrogens with one attached hydrogen (secondary N) is 2. The lowest BCUT2D eigenvalue weighted by Crippen LogP contribution is -2.50. The highest BCUT2D eigenvalue weighted by Gasteiger charge is 2.38. The monoisotopic (exact) mass is 290 g/mol. The minimum absolute atomic E-state index is 0.0401. The summed E-state index contributed by atoms with van der Waals surface area (Å²) in [4.78, 5) is 12.2. The van der Waals surface area contributed by atoms with Crippen molar-refractivity contribution in [1.29, 1.82) is 0 Å². The minimum Gasteiger partial charge on any atom is -0.351 e. The smallest absolute Gasteiger partial charge is 0.237 e. The van der Waals surface area contributed by atoms with Gasteiger partial charge >= 0.3 is 0 Å². The average Bonchev–Trinajstić information content (AvgIpc) is 2.51. The van der Waals surface area contributed by atoms with E-state index in [1.807, 2.05) is 0 Å². The summed E-state index contributed by atoms with van der Waals surface area (Å²) in [6.45, 7) is 7.90.